The molecule has 0 N–H and O–H groups in total. The number of aromatic nitrogens is 2. The molecule has 0 amide bonds. The van der Waals surface area contributed by atoms with Crippen LogP contribution in [0.2, 0.25) is 5.15 Å². The number of nitro groups is 1. The maximum Gasteiger partial charge on any atom is 0.270 e. The van der Waals surface area contributed by atoms with Gasteiger partial charge in [0, 0.05) is 29.9 Å². The van der Waals surface area contributed by atoms with Crippen molar-refractivity contribution in [1.29, 1.82) is 0 Å². The van der Waals surface area contributed by atoms with Crippen LogP contribution in [0.5, 0.6) is 0 Å². The van der Waals surface area contributed by atoms with Crippen LogP contribution in [-0.4, -0.2) is 14.5 Å². The molecule has 2 aromatic heterocycles. The van der Waals surface area contributed by atoms with E-state index in [1.807, 2.05) is 22.9 Å². The van der Waals surface area contributed by atoms with Gasteiger partial charge in [-0.15, -0.1) is 0 Å². The number of pyridine rings is 1. The van der Waals surface area contributed by atoms with E-state index in [0.29, 0.717) is 5.15 Å². The largest absolute Gasteiger partial charge is 0.316 e. The summed E-state index contributed by atoms with van der Waals surface area (Å²) >= 11 is 5.87. The molecule has 1 aromatic carbocycles. The SMILES string of the molecule is O=[N+]([O-])c1ccc2c(ccn2-c2ccnc(Cl)c2)c1. The van der Waals surface area contributed by atoms with Gasteiger partial charge < -0.3 is 4.57 Å². The summed E-state index contributed by atoms with van der Waals surface area (Å²) in [5.74, 6) is 0. The molecule has 0 fully saturated rings. The van der Waals surface area contributed by atoms with Crippen LogP contribution in [0, 0.1) is 10.1 Å². The van der Waals surface area contributed by atoms with Crippen LogP contribution in [0.4, 0.5) is 5.69 Å². The number of non-ortho nitro benzene ring substituents is 1. The van der Waals surface area contributed by atoms with E-state index in [0.717, 1.165) is 16.6 Å². The third-order valence-electron chi connectivity index (χ3n) is 2.87. The van der Waals surface area contributed by atoms with Gasteiger partial charge in [-0.1, -0.05) is 11.6 Å². The number of nitrogens with zero attached hydrogens (tertiary/aromatic N) is 3. The first-order valence-corrected chi connectivity index (χ1v) is 5.90. The van der Waals surface area contributed by atoms with Crippen LogP contribution in [0.3, 0.4) is 0 Å². The zero-order chi connectivity index (χ0) is 13.4. The van der Waals surface area contributed by atoms with Crippen molar-refractivity contribution in [3.63, 3.8) is 0 Å². The fraction of sp³-hybridized carbons (Fsp3) is 0. The Labute approximate surface area is 113 Å². The van der Waals surface area contributed by atoms with Crippen LogP contribution in [0.1, 0.15) is 0 Å². The molecule has 0 spiro atoms. The zero-order valence-electron chi connectivity index (χ0n) is 9.65. The molecule has 0 unspecified atom stereocenters. The number of halogens is 1. The minimum absolute atomic E-state index is 0.0815. The Balaban J connectivity index is 2.18. The van der Waals surface area contributed by atoms with Gasteiger partial charge in [0.05, 0.1) is 16.1 Å². The number of rotatable bonds is 2. The first-order chi connectivity index (χ1) is 9.15. The molecule has 19 heavy (non-hydrogen) atoms. The summed E-state index contributed by atoms with van der Waals surface area (Å²) in [5, 5.41) is 12.0. The highest BCUT2D eigenvalue weighted by atomic mass is 35.5. The second kappa shape index (κ2) is 4.37. The summed E-state index contributed by atoms with van der Waals surface area (Å²) in [7, 11) is 0. The summed E-state index contributed by atoms with van der Waals surface area (Å²) in [5.41, 5.74) is 1.83. The van der Waals surface area contributed by atoms with Crippen molar-refractivity contribution in [2.24, 2.45) is 0 Å². The molecule has 3 rings (SSSR count). The smallest absolute Gasteiger partial charge is 0.270 e. The molecule has 0 aliphatic heterocycles. The van der Waals surface area contributed by atoms with E-state index < -0.39 is 4.92 Å². The van der Waals surface area contributed by atoms with Crippen molar-refractivity contribution < 1.29 is 4.92 Å². The molecular weight excluding hydrogens is 266 g/mol. The topological polar surface area (TPSA) is 61.0 Å². The van der Waals surface area contributed by atoms with Gasteiger partial charge in [0.25, 0.3) is 5.69 Å². The van der Waals surface area contributed by atoms with Crippen molar-refractivity contribution in [2.75, 3.05) is 0 Å². The third-order valence-corrected chi connectivity index (χ3v) is 3.08. The molecule has 6 heteroatoms. The van der Waals surface area contributed by atoms with E-state index in [4.69, 9.17) is 11.6 Å². The van der Waals surface area contributed by atoms with Crippen molar-refractivity contribution in [3.8, 4) is 5.69 Å². The molecule has 0 bridgehead atoms. The summed E-state index contributed by atoms with van der Waals surface area (Å²) in [6.07, 6.45) is 3.47. The van der Waals surface area contributed by atoms with Gasteiger partial charge in [-0.25, -0.2) is 4.98 Å². The molecule has 5 nitrogen and oxygen atoms in total. The van der Waals surface area contributed by atoms with Gasteiger partial charge in [0.15, 0.2) is 0 Å². The predicted octanol–water partition coefficient (Wildman–Crippen LogP) is 3.59. The van der Waals surface area contributed by atoms with E-state index in [2.05, 4.69) is 4.98 Å². The van der Waals surface area contributed by atoms with Crippen LogP contribution in [0.15, 0.2) is 48.8 Å². The monoisotopic (exact) mass is 273 g/mol. The summed E-state index contributed by atoms with van der Waals surface area (Å²) in [6, 6.07) is 10.2. The van der Waals surface area contributed by atoms with E-state index >= 15 is 0 Å². The molecule has 0 atom stereocenters. The van der Waals surface area contributed by atoms with Crippen molar-refractivity contribution in [3.05, 3.63) is 64.1 Å². The Kier molecular flexibility index (Phi) is 2.68. The van der Waals surface area contributed by atoms with Crippen LogP contribution < -0.4 is 0 Å². The Morgan fingerprint density at radius 3 is 2.79 bits per heavy atom. The van der Waals surface area contributed by atoms with Gasteiger partial charge >= 0.3 is 0 Å². The molecule has 94 valence electrons. The number of hydrogen-bond acceptors (Lipinski definition) is 3. The maximum atomic E-state index is 10.7. The molecule has 0 aliphatic carbocycles. The Bertz CT molecular complexity index is 782. The summed E-state index contributed by atoms with van der Waals surface area (Å²) in [6.45, 7) is 0. The molecule has 2 heterocycles. The lowest BCUT2D eigenvalue weighted by molar-refractivity contribution is -0.384. The third kappa shape index (κ3) is 2.04. The van der Waals surface area contributed by atoms with Gasteiger partial charge in [-0.2, -0.15) is 0 Å². The average Bonchev–Trinajstić information content (AvgIpc) is 2.81. The Hall–Kier alpha value is -2.40. The lowest BCUT2D eigenvalue weighted by Gasteiger charge is -2.05. The Morgan fingerprint density at radius 2 is 2.05 bits per heavy atom. The molecular formula is C13H8ClN3O2. The average molecular weight is 274 g/mol. The predicted molar refractivity (Wildman–Crippen MR) is 72.7 cm³/mol. The van der Waals surface area contributed by atoms with E-state index in [1.54, 1.807) is 24.4 Å². The van der Waals surface area contributed by atoms with Gasteiger partial charge in [-0.05, 0) is 24.3 Å². The van der Waals surface area contributed by atoms with Crippen LogP contribution in [0.25, 0.3) is 16.6 Å². The van der Waals surface area contributed by atoms with Crippen LogP contribution >= 0.6 is 11.6 Å². The second-order valence-electron chi connectivity index (χ2n) is 4.02. The molecule has 3 aromatic rings. The van der Waals surface area contributed by atoms with Crippen LogP contribution in [-0.2, 0) is 0 Å². The number of benzene rings is 1. The highest BCUT2D eigenvalue weighted by Gasteiger charge is 2.09. The summed E-state index contributed by atoms with van der Waals surface area (Å²) in [4.78, 5) is 14.3. The van der Waals surface area contributed by atoms with E-state index in [-0.39, 0.29) is 5.69 Å². The van der Waals surface area contributed by atoms with Gasteiger partial charge in [-0.3, -0.25) is 10.1 Å². The lowest BCUT2D eigenvalue weighted by Crippen LogP contribution is -1.93. The quantitative estimate of drug-likeness (QED) is 0.407. The first kappa shape index (κ1) is 11.7. The number of fused-ring (bicyclic) bond motifs is 1. The van der Waals surface area contributed by atoms with Crippen molar-refractivity contribution >= 4 is 28.2 Å². The minimum Gasteiger partial charge on any atom is -0.316 e. The molecule has 0 saturated heterocycles. The molecule has 0 saturated carbocycles. The standard InChI is InChI=1S/C13H8ClN3O2/c14-13-8-10(3-5-15-13)16-6-4-9-7-11(17(18)19)1-2-12(9)16/h1-8H. The maximum absolute atomic E-state index is 10.7. The molecule has 0 radical (unpaired) electrons. The fourth-order valence-corrected chi connectivity index (χ4v) is 2.18. The zero-order valence-corrected chi connectivity index (χ0v) is 10.4. The summed E-state index contributed by atoms with van der Waals surface area (Å²) < 4.78 is 1.91. The number of hydrogen-bond donors (Lipinski definition) is 0. The highest BCUT2D eigenvalue weighted by Crippen LogP contribution is 2.25. The fourth-order valence-electron chi connectivity index (χ4n) is 2.01. The minimum atomic E-state index is -0.403. The van der Waals surface area contributed by atoms with Crippen molar-refractivity contribution in [1.82, 2.24) is 9.55 Å². The second-order valence-corrected chi connectivity index (χ2v) is 4.41. The normalized spacial score (nSPS) is 10.8. The molecule has 0 aliphatic rings. The van der Waals surface area contributed by atoms with E-state index in [1.165, 1.54) is 6.07 Å². The van der Waals surface area contributed by atoms with Gasteiger partial charge in [0.2, 0.25) is 0 Å². The Morgan fingerprint density at radius 1 is 1.21 bits per heavy atom. The van der Waals surface area contributed by atoms with Gasteiger partial charge in [0.1, 0.15) is 5.15 Å². The lowest BCUT2D eigenvalue weighted by atomic mass is 10.2. The number of nitro benzene ring substituents is 1. The van der Waals surface area contributed by atoms with E-state index in [9.17, 15) is 10.1 Å². The highest BCUT2D eigenvalue weighted by molar-refractivity contribution is 6.29. The van der Waals surface area contributed by atoms with Crippen molar-refractivity contribution in [2.45, 2.75) is 0 Å². The first-order valence-electron chi connectivity index (χ1n) is 5.52.